The summed E-state index contributed by atoms with van der Waals surface area (Å²) in [6.07, 6.45) is 0.321. The van der Waals surface area contributed by atoms with Crippen LogP contribution in [-0.4, -0.2) is 18.6 Å². The second-order valence-electron chi connectivity index (χ2n) is 4.39. The zero-order valence-corrected chi connectivity index (χ0v) is 14.6. The monoisotopic (exact) mass is 384 g/mol. The number of halogens is 2. The first-order valence-corrected chi connectivity index (χ1v) is 8.47. The van der Waals surface area contributed by atoms with E-state index in [-0.39, 0.29) is 5.78 Å². The number of rotatable bonds is 6. The highest BCUT2D eigenvalue weighted by atomic mass is 79.9. The smallest absolute Gasteiger partial charge is 0.147 e. The molecule has 2 nitrogen and oxygen atoms in total. The Morgan fingerprint density at radius 3 is 2.76 bits per heavy atom. The molecular formula is C16H14BrClO2S. The van der Waals surface area contributed by atoms with Crippen LogP contribution in [0.15, 0.2) is 51.8 Å². The minimum Gasteiger partial charge on any atom is -0.496 e. The first-order valence-electron chi connectivity index (χ1n) is 6.31. The van der Waals surface area contributed by atoms with Gasteiger partial charge in [0.05, 0.1) is 12.9 Å². The molecule has 0 spiro atoms. The summed E-state index contributed by atoms with van der Waals surface area (Å²) < 4.78 is 6.26. The fourth-order valence-electron chi connectivity index (χ4n) is 1.87. The maximum absolute atomic E-state index is 12.1. The van der Waals surface area contributed by atoms with Crippen molar-refractivity contribution in [1.82, 2.24) is 0 Å². The molecule has 0 aliphatic rings. The number of methoxy groups -OCH3 is 1. The number of carbonyl (C=O) groups excluding carboxylic acids is 1. The first-order chi connectivity index (χ1) is 10.1. The average molecular weight is 386 g/mol. The molecule has 0 saturated carbocycles. The predicted molar refractivity (Wildman–Crippen MR) is 91.6 cm³/mol. The predicted octanol–water partition coefficient (Wildman–Crippen LogP) is 5.02. The van der Waals surface area contributed by atoms with E-state index in [1.807, 2.05) is 24.3 Å². The molecule has 0 N–H and O–H groups in total. The zero-order valence-electron chi connectivity index (χ0n) is 11.4. The number of thioether (sulfide) groups is 1. The molecule has 0 fully saturated rings. The van der Waals surface area contributed by atoms with Crippen LogP contribution in [-0.2, 0) is 11.2 Å². The molecule has 21 heavy (non-hydrogen) atoms. The molecule has 0 aliphatic carbocycles. The van der Waals surface area contributed by atoms with Crippen LogP contribution in [0.3, 0.4) is 0 Å². The molecule has 0 radical (unpaired) electrons. The Bertz CT molecular complexity index is 646. The molecule has 0 aliphatic heterocycles. The van der Waals surface area contributed by atoms with Crippen molar-refractivity contribution < 1.29 is 9.53 Å². The average Bonchev–Trinajstić information content (AvgIpc) is 2.47. The topological polar surface area (TPSA) is 26.3 Å². The van der Waals surface area contributed by atoms with E-state index in [1.165, 1.54) is 11.8 Å². The molecule has 2 aromatic carbocycles. The van der Waals surface area contributed by atoms with E-state index in [0.717, 1.165) is 14.9 Å². The molecule has 110 valence electrons. The first kappa shape index (κ1) is 16.4. The van der Waals surface area contributed by atoms with Crippen molar-refractivity contribution in [2.45, 2.75) is 11.3 Å². The van der Waals surface area contributed by atoms with Gasteiger partial charge in [0.2, 0.25) is 0 Å². The highest BCUT2D eigenvalue weighted by molar-refractivity contribution is 9.10. The van der Waals surface area contributed by atoms with Crippen molar-refractivity contribution in [2.75, 3.05) is 12.9 Å². The van der Waals surface area contributed by atoms with Gasteiger partial charge in [-0.3, -0.25) is 4.79 Å². The lowest BCUT2D eigenvalue weighted by molar-refractivity contribution is -0.116. The third-order valence-corrected chi connectivity index (χ3v) is 5.18. The van der Waals surface area contributed by atoms with Crippen molar-refractivity contribution in [2.24, 2.45) is 0 Å². The Labute approximate surface area is 142 Å². The third kappa shape index (κ3) is 4.77. The Balaban J connectivity index is 1.99. The maximum atomic E-state index is 12.1. The fourth-order valence-corrected chi connectivity index (χ4v) is 3.49. The van der Waals surface area contributed by atoms with Crippen LogP contribution in [0.4, 0.5) is 0 Å². The van der Waals surface area contributed by atoms with E-state index in [9.17, 15) is 4.79 Å². The van der Waals surface area contributed by atoms with Gasteiger partial charge in [-0.1, -0.05) is 23.7 Å². The lowest BCUT2D eigenvalue weighted by Crippen LogP contribution is -2.07. The van der Waals surface area contributed by atoms with Crippen molar-refractivity contribution in [3.8, 4) is 5.75 Å². The number of carbonyl (C=O) groups is 1. The van der Waals surface area contributed by atoms with Gasteiger partial charge in [0.1, 0.15) is 11.5 Å². The van der Waals surface area contributed by atoms with E-state index in [4.69, 9.17) is 16.3 Å². The second kappa shape index (κ2) is 7.87. The molecule has 0 bridgehead atoms. The molecule has 0 aromatic heterocycles. The molecule has 0 unspecified atom stereocenters. The highest BCUT2D eigenvalue weighted by Crippen LogP contribution is 2.28. The number of hydrogen-bond acceptors (Lipinski definition) is 3. The van der Waals surface area contributed by atoms with Gasteiger partial charge in [0, 0.05) is 26.4 Å². The summed E-state index contributed by atoms with van der Waals surface area (Å²) in [5.74, 6) is 1.24. The number of Topliss-reactive ketones (excluding diaryl/α,β-unsaturated/α-hetero) is 1. The molecule has 0 atom stereocenters. The van der Waals surface area contributed by atoms with E-state index < -0.39 is 0 Å². The van der Waals surface area contributed by atoms with Crippen molar-refractivity contribution >= 4 is 45.1 Å². The number of ketones is 1. The van der Waals surface area contributed by atoms with Crippen LogP contribution in [0.2, 0.25) is 5.02 Å². The summed E-state index contributed by atoms with van der Waals surface area (Å²) in [5.41, 5.74) is 0.822. The molecule has 5 heteroatoms. The normalized spacial score (nSPS) is 10.4. The quantitative estimate of drug-likeness (QED) is 0.653. The van der Waals surface area contributed by atoms with Crippen LogP contribution in [0, 0.1) is 0 Å². The standard InChI is InChI=1S/C16H14BrClO2S/c1-20-15-7-6-12(18)8-11(15)9-13(19)10-21-16-5-3-2-4-14(16)17/h2-8H,9-10H2,1H3. The van der Waals surface area contributed by atoms with Gasteiger partial charge in [-0.05, 0) is 46.3 Å². The minimum atomic E-state index is 0.135. The fraction of sp³-hybridized carbons (Fsp3) is 0.188. The van der Waals surface area contributed by atoms with Crippen LogP contribution in [0.1, 0.15) is 5.56 Å². The van der Waals surface area contributed by atoms with Crippen LogP contribution in [0.25, 0.3) is 0 Å². The van der Waals surface area contributed by atoms with E-state index in [2.05, 4.69) is 15.9 Å². The lowest BCUT2D eigenvalue weighted by atomic mass is 10.1. The van der Waals surface area contributed by atoms with Crippen LogP contribution in [0.5, 0.6) is 5.75 Å². The molecular weight excluding hydrogens is 372 g/mol. The largest absolute Gasteiger partial charge is 0.496 e. The van der Waals surface area contributed by atoms with Crippen LogP contribution >= 0.6 is 39.3 Å². The van der Waals surface area contributed by atoms with Crippen LogP contribution < -0.4 is 4.74 Å². The Hall–Kier alpha value is -0.970. The van der Waals surface area contributed by atoms with E-state index in [1.54, 1.807) is 25.3 Å². The summed E-state index contributed by atoms with van der Waals surface area (Å²) in [6.45, 7) is 0. The van der Waals surface area contributed by atoms with Crippen molar-refractivity contribution in [3.63, 3.8) is 0 Å². The van der Waals surface area contributed by atoms with Gasteiger partial charge in [0.15, 0.2) is 0 Å². The van der Waals surface area contributed by atoms with Gasteiger partial charge in [-0.15, -0.1) is 11.8 Å². The number of hydrogen-bond donors (Lipinski definition) is 0. The van der Waals surface area contributed by atoms with Gasteiger partial charge in [-0.25, -0.2) is 0 Å². The Morgan fingerprint density at radius 2 is 2.05 bits per heavy atom. The second-order valence-corrected chi connectivity index (χ2v) is 6.70. The summed E-state index contributed by atoms with van der Waals surface area (Å²) in [4.78, 5) is 13.2. The van der Waals surface area contributed by atoms with E-state index >= 15 is 0 Å². The molecule has 0 heterocycles. The Kier molecular flexibility index (Phi) is 6.15. The van der Waals surface area contributed by atoms with Crippen molar-refractivity contribution in [3.05, 3.63) is 57.5 Å². The lowest BCUT2D eigenvalue weighted by Gasteiger charge is -2.08. The van der Waals surface area contributed by atoms with Crippen molar-refractivity contribution in [1.29, 1.82) is 0 Å². The summed E-state index contributed by atoms with van der Waals surface area (Å²) >= 11 is 11.0. The highest BCUT2D eigenvalue weighted by Gasteiger charge is 2.11. The van der Waals surface area contributed by atoms with Gasteiger partial charge in [-0.2, -0.15) is 0 Å². The summed E-state index contributed by atoms with van der Waals surface area (Å²) in [6, 6.07) is 13.2. The summed E-state index contributed by atoms with van der Waals surface area (Å²) in [5, 5.41) is 0.608. The zero-order chi connectivity index (χ0) is 15.2. The number of ether oxygens (including phenoxy) is 1. The minimum absolute atomic E-state index is 0.135. The molecule has 2 aromatic rings. The number of benzene rings is 2. The summed E-state index contributed by atoms with van der Waals surface area (Å²) in [7, 11) is 1.59. The van der Waals surface area contributed by atoms with Gasteiger partial charge >= 0.3 is 0 Å². The van der Waals surface area contributed by atoms with Gasteiger partial charge < -0.3 is 4.74 Å². The third-order valence-electron chi connectivity index (χ3n) is 2.86. The molecule has 2 rings (SSSR count). The molecule has 0 amide bonds. The van der Waals surface area contributed by atoms with Gasteiger partial charge in [0.25, 0.3) is 0 Å². The Morgan fingerprint density at radius 1 is 1.29 bits per heavy atom. The maximum Gasteiger partial charge on any atom is 0.147 e. The van der Waals surface area contributed by atoms with E-state index in [0.29, 0.717) is 22.9 Å². The SMILES string of the molecule is COc1ccc(Cl)cc1CC(=O)CSc1ccccc1Br. The molecule has 0 saturated heterocycles.